The van der Waals surface area contributed by atoms with E-state index < -0.39 is 0 Å². The van der Waals surface area contributed by atoms with E-state index >= 15 is 0 Å². The molecule has 0 bridgehead atoms. The molecule has 0 aliphatic heterocycles. The minimum absolute atomic E-state index is 0.324. The Morgan fingerprint density at radius 2 is 1.39 bits per heavy atom. The Bertz CT molecular complexity index is 162. The summed E-state index contributed by atoms with van der Waals surface area (Å²) >= 11 is 0. The molecule has 0 atom stereocenters. The summed E-state index contributed by atoms with van der Waals surface area (Å²) in [4.78, 5) is 0. The smallest absolute Gasteiger partial charge is 0.0122 e. The molecule has 2 nitrogen and oxygen atoms in total. The molecule has 0 saturated carbocycles. The van der Waals surface area contributed by atoms with E-state index in [0.717, 1.165) is 18.4 Å². The van der Waals surface area contributed by atoms with Crippen molar-refractivity contribution in [3.8, 4) is 0 Å². The van der Waals surface area contributed by atoms with Crippen molar-refractivity contribution in [3.05, 3.63) is 0 Å². The average Bonchev–Trinajstić information content (AvgIpc) is 2.27. The van der Waals surface area contributed by atoms with Crippen LogP contribution in [0.1, 0.15) is 67.2 Å². The maximum Gasteiger partial charge on any atom is 0.0122 e. The fourth-order valence-electron chi connectivity index (χ4n) is 1.46. The summed E-state index contributed by atoms with van der Waals surface area (Å²) < 4.78 is 0. The number of hydrogen-bond acceptors (Lipinski definition) is 2. The summed E-state index contributed by atoms with van der Waals surface area (Å²) in [5.74, 6) is 1.69. The van der Waals surface area contributed by atoms with Crippen molar-refractivity contribution in [2.45, 2.75) is 72.8 Å². The normalized spacial score (nSPS) is 11.7. The summed E-state index contributed by atoms with van der Waals surface area (Å²) in [7, 11) is 4.03. The Morgan fingerprint density at radius 1 is 0.889 bits per heavy atom. The van der Waals surface area contributed by atoms with E-state index in [2.05, 4.69) is 52.2 Å². The molecule has 0 amide bonds. The van der Waals surface area contributed by atoms with Crippen LogP contribution in [0.15, 0.2) is 0 Å². The summed E-state index contributed by atoms with van der Waals surface area (Å²) in [6.07, 6.45) is 5.24. The lowest BCUT2D eigenvalue weighted by molar-refractivity contribution is 0.356. The summed E-state index contributed by atoms with van der Waals surface area (Å²) in [5, 5.41) is 6.42. The molecule has 2 N–H and O–H groups in total. The highest BCUT2D eigenvalue weighted by molar-refractivity contribution is 4.75. The molecule has 0 aromatic rings. The third-order valence-corrected chi connectivity index (χ3v) is 3.23. The minimum atomic E-state index is 0.324. The van der Waals surface area contributed by atoms with Crippen LogP contribution in [0.3, 0.4) is 0 Å². The second-order valence-electron chi connectivity index (χ2n) is 6.71. The first-order valence-corrected chi connectivity index (χ1v) is 7.58. The molecule has 0 rings (SSSR count). The zero-order chi connectivity index (χ0) is 14.6. The van der Waals surface area contributed by atoms with E-state index in [1.165, 1.54) is 25.7 Å². The Balaban J connectivity index is 0. The van der Waals surface area contributed by atoms with Gasteiger partial charge in [0.2, 0.25) is 0 Å². The second kappa shape index (κ2) is 12.0. The molecule has 112 valence electrons. The van der Waals surface area contributed by atoms with Gasteiger partial charge in [-0.25, -0.2) is 0 Å². The predicted molar refractivity (Wildman–Crippen MR) is 85.2 cm³/mol. The maximum atomic E-state index is 3.30. The quantitative estimate of drug-likeness (QED) is 0.642. The van der Waals surface area contributed by atoms with E-state index in [0.29, 0.717) is 5.54 Å². The Kier molecular flexibility index (Phi) is 13.5. The van der Waals surface area contributed by atoms with E-state index in [4.69, 9.17) is 0 Å². The van der Waals surface area contributed by atoms with Crippen molar-refractivity contribution in [2.24, 2.45) is 11.8 Å². The van der Waals surface area contributed by atoms with Crippen LogP contribution in [-0.2, 0) is 0 Å². The van der Waals surface area contributed by atoms with E-state index in [9.17, 15) is 0 Å². The van der Waals surface area contributed by atoms with Crippen molar-refractivity contribution in [3.63, 3.8) is 0 Å². The molecule has 2 heteroatoms. The molecule has 0 aliphatic carbocycles. The van der Waals surface area contributed by atoms with Gasteiger partial charge in [0.05, 0.1) is 0 Å². The van der Waals surface area contributed by atoms with Crippen molar-refractivity contribution in [1.29, 1.82) is 0 Å². The first-order valence-electron chi connectivity index (χ1n) is 7.58. The minimum Gasteiger partial charge on any atom is -0.320 e. The first-order chi connectivity index (χ1) is 8.25. The van der Waals surface area contributed by atoms with Gasteiger partial charge in [-0.2, -0.15) is 0 Å². The molecule has 0 unspecified atom stereocenters. The highest BCUT2D eigenvalue weighted by Gasteiger charge is 2.13. The fourth-order valence-corrected chi connectivity index (χ4v) is 1.46. The number of nitrogens with one attached hydrogen (secondary N) is 2. The van der Waals surface area contributed by atoms with Gasteiger partial charge in [-0.15, -0.1) is 0 Å². The van der Waals surface area contributed by atoms with Gasteiger partial charge in [-0.3, -0.25) is 0 Å². The first kappa shape index (κ1) is 20.2. The largest absolute Gasteiger partial charge is 0.320 e. The lowest BCUT2D eigenvalue weighted by atomic mass is 9.94. The highest BCUT2D eigenvalue weighted by atomic mass is 14.9. The van der Waals surface area contributed by atoms with E-state index in [-0.39, 0.29) is 0 Å². The standard InChI is InChI=1S/C9H21N.C7H17N/c1-8(2)6-7-9(3,4)10-5;1-7(2)5-4-6-8-3/h8,10H,6-7H2,1-5H3;7-8H,4-6H2,1-3H3. The van der Waals surface area contributed by atoms with Crippen LogP contribution in [0.25, 0.3) is 0 Å². The van der Waals surface area contributed by atoms with Crippen molar-refractivity contribution < 1.29 is 0 Å². The van der Waals surface area contributed by atoms with Gasteiger partial charge < -0.3 is 10.6 Å². The Labute approximate surface area is 116 Å². The maximum absolute atomic E-state index is 3.30. The molecular weight excluding hydrogens is 220 g/mol. The second-order valence-corrected chi connectivity index (χ2v) is 6.71. The van der Waals surface area contributed by atoms with Gasteiger partial charge in [0.15, 0.2) is 0 Å². The zero-order valence-corrected chi connectivity index (χ0v) is 14.2. The van der Waals surface area contributed by atoms with Crippen LogP contribution >= 0.6 is 0 Å². The lowest BCUT2D eigenvalue weighted by Crippen LogP contribution is -2.36. The summed E-state index contributed by atoms with van der Waals surface area (Å²) in [6.45, 7) is 14.7. The Morgan fingerprint density at radius 3 is 1.72 bits per heavy atom. The van der Waals surface area contributed by atoms with Gasteiger partial charge >= 0.3 is 0 Å². The van der Waals surface area contributed by atoms with Gasteiger partial charge in [-0.05, 0) is 72.0 Å². The Hall–Kier alpha value is -0.0800. The average molecular weight is 258 g/mol. The third kappa shape index (κ3) is 18.3. The van der Waals surface area contributed by atoms with Gasteiger partial charge in [0.25, 0.3) is 0 Å². The molecule has 0 radical (unpaired) electrons. The van der Waals surface area contributed by atoms with E-state index in [1.54, 1.807) is 0 Å². The van der Waals surface area contributed by atoms with Crippen LogP contribution in [0, 0.1) is 11.8 Å². The fraction of sp³-hybridized carbons (Fsp3) is 1.00. The molecule has 0 spiro atoms. The molecule has 0 saturated heterocycles. The third-order valence-electron chi connectivity index (χ3n) is 3.23. The molecule has 0 aromatic heterocycles. The van der Waals surface area contributed by atoms with Crippen LogP contribution < -0.4 is 10.6 Å². The molecule has 0 fully saturated rings. The predicted octanol–water partition coefficient (Wildman–Crippen LogP) is 4.06. The molecule has 0 aliphatic rings. The molecule has 0 aromatic carbocycles. The molecular formula is C16H38N2. The number of hydrogen-bond donors (Lipinski definition) is 2. The van der Waals surface area contributed by atoms with Crippen molar-refractivity contribution in [1.82, 2.24) is 10.6 Å². The van der Waals surface area contributed by atoms with E-state index in [1.807, 2.05) is 14.1 Å². The van der Waals surface area contributed by atoms with Crippen molar-refractivity contribution >= 4 is 0 Å². The molecule has 18 heavy (non-hydrogen) atoms. The van der Waals surface area contributed by atoms with Gasteiger partial charge in [0, 0.05) is 5.54 Å². The zero-order valence-electron chi connectivity index (χ0n) is 14.2. The van der Waals surface area contributed by atoms with Gasteiger partial charge in [0.1, 0.15) is 0 Å². The van der Waals surface area contributed by atoms with Gasteiger partial charge in [-0.1, -0.05) is 27.7 Å². The summed E-state index contributed by atoms with van der Waals surface area (Å²) in [5.41, 5.74) is 0.324. The SMILES string of the molecule is CNC(C)(C)CCC(C)C.CNCCCC(C)C. The van der Waals surface area contributed by atoms with Crippen LogP contribution in [0.2, 0.25) is 0 Å². The topological polar surface area (TPSA) is 24.1 Å². The number of rotatable bonds is 8. The summed E-state index contributed by atoms with van der Waals surface area (Å²) in [6, 6.07) is 0. The van der Waals surface area contributed by atoms with Crippen LogP contribution in [-0.4, -0.2) is 26.2 Å². The molecule has 0 heterocycles. The van der Waals surface area contributed by atoms with Crippen LogP contribution in [0.4, 0.5) is 0 Å². The van der Waals surface area contributed by atoms with Crippen molar-refractivity contribution in [2.75, 3.05) is 20.6 Å². The van der Waals surface area contributed by atoms with Crippen LogP contribution in [0.5, 0.6) is 0 Å². The monoisotopic (exact) mass is 258 g/mol. The highest BCUT2D eigenvalue weighted by Crippen LogP contribution is 2.14. The lowest BCUT2D eigenvalue weighted by Gasteiger charge is -2.24.